The first-order valence-corrected chi connectivity index (χ1v) is 10.5. The number of aromatic nitrogens is 5. The van der Waals surface area contributed by atoms with Gasteiger partial charge in [-0.15, -0.1) is 5.10 Å². The third-order valence-corrected chi connectivity index (χ3v) is 5.83. The van der Waals surface area contributed by atoms with E-state index in [2.05, 4.69) is 36.2 Å². The van der Waals surface area contributed by atoms with Crippen molar-refractivity contribution >= 4 is 32.7 Å². The molecule has 0 N–H and O–H groups in total. The Morgan fingerprint density at radius 2 is 2.13 bits per heavy atom. The molecule has 3 aromatic heterocycles. The van der Waals surface area contributed by atoms with Crippen LogP contribution in [0, 0.1) is 5.92 Å². The molecule has 5 rings (SSSR count). The molecule has 152 valence electrons. The van der Waals surface area contributed by atoms with Crippen LogP contribution in [0.1, 0.15) is 35.5 Å². The maximum atomic E-state index is 12.2. The Kier molecular flexibility index (Phi) is 5.04. The van der Waals surface area contributed by atoms with E-state index in [9.17, 15) is 4.79 Å². The minimum atomic E-state index is -0.162. The zero-order valence-electron chi connectivity index (χ0n) is 16.0. The van der Waals surface area contributed by atoms with Gasteiger partial charge in [-0.25, -0.2) is 14.6 Å². The summed E-state index contributed by atoms with van der Waals surface area (Å²) in [5.74, 6) is 1.70. The van der Waals surface area contributed by atoms with E-state index in [4.69, 9.17) is 9.15 Å². The van der Waals surface area contributed by atoms with Gasteiger partial charge in [-0.1, -0.05) is 11.3 Å². The highest BCUT2D eigenvalue weighted by molar-refractivity contribution is 9.10. The molecule has 4 aromatic rings. The van der Waals surface area contributed by atoms with E-state index in [-0.39, 0.29) is 18.1 Å². The largest absolute Gasteiger partial charge is 0.442 e. The molecule has 8 nitrogen and oxygen atoms in total. The number of carbonyl (C=O) groups is 1. The fourth-order valence-corrected chi connectivity index (χ4v) is 3.77. The summed E-state index contributed by atoms with van der Waals surface area (Å²) in [5, 5.41) is 8.60. The van der Waals surface area contributed by atoms with Crippen molar-refractivity contribution in [2.45, 2.75) is 32.2 Å². The number of nitrogens with zero attached hydrogens (tertiary/aromatic N) is 5. The Bertz CT molecular complexity index is 1200. The zero-order valence-corrected chi connectivity index (χ0v) is 17.6. The van der Waals surface area contributed by atoms with Crippen molar-refractivity contribution in [2.75, 3.05) is 0 Å². The molecular weight excluding hydrogens is 450 g/mol. The third kappa shape index (κ3) is 3.85. The summed E-state index contributed by atoms with van der Waals surface area (Å²) >= 11 is 3.60. The van der Waals surface area contributed by atoms with Crippen molar-refractivity contribution in [1.29, 1.82) is 0 Å². The van der Waals surface area contributed by atoms with Crippen molar-refractivity contribution in [1.82, 2.24) is 25.0 Å². The molecule has 0 saturated heterocycles. The smallest absolute Gasteiger partial charge is 0.263 e. The monoisotopic (exact) mass is 467 g/mol. The molecule has 0 radical (unpaired) electrons. The SMILES string of the molecule is O=C(CCc1cccnc1Oc1ccc2c(nnn2CC2CC2)c1Br)c1ncco1. The highest BCUT2D eigenvalue weighted by Gasteiger charge is 2.24. The van der Waals surface area contributed by atoms with Crippen LogP contribution in [0.2, 0.25) is 0 Å². The van der Waals surface area contributed by atoms with E-state index in [1.165, 1.54) is 25.3 Å². The second-order valence-corrected chi connectivity index (χ2v) is 8.08. The van der Waals surface area contributed by atoms with E-state index in [1.54, 1.807) is 6.20 Å². The number of oxazole rings is 1. The summed E-state index contributed by atoms with van der Waals surface area (Å²) in [4.78, 5) is 20.4. The number of ketones is 1. The van der Waals surface area contributed by atoms with Crippen LogP contribution in [0.5, 0.6) is 11.6 Å². The first-order chi connectivity index (χ1) is 14.7. The zero-order chi connectivity index (χ0) is 20.5. The van der Waals surface area contributed by atoms with Gasteiger partial charge in [0.2, 0.25) is 11.7 Å². The Morgan fingerprint density at radius 1 is 1.23 bits per heavy atom. The number of halogens is 1. The fourth-order valence-electron chi connectivity index (χ4n) is 3.27. The number of hydrogen-bond acceptors (Lipinski definition) is 7. The predicted molar refractivity (Wildman–Crippen MR) is 111 cm³/mol. The Morgan fingerprint density at radius 3 is 2.93 bits per heavy atom. The van der Waals surface area contributed by atoms with E-state index in [0.717, 1.165) is 27.6 Å². The van der Waals surface area contributed by atoms with Crippen LogP contribution in [-0.4, -0.2) is 30.7 Å². The Hall–Kier alpha value is -3.07. The molecular formula is C21H18BrN5O3. The first kappa shape index (κ1) is 18.9. The van der Waals surface area contributed by atoms with Crippen LogP contribution in [0.3, 0.4) is 0 Å². The normalized spacial score (nSPS) is 13.6. The molecule has 1 aliphatic rings. The van der Waals surface area contributed by atoms with Crippen molar-refractivity contribution in [3.05, 3.63) is 58.8 Å². The lowest BCUT2D eigenvalue weighted by Gasteiger charge is -2.11. The van der Waals surface area contributed by atoms with Gasteiger partial charge in [-0.05, 0) is 59.3 Å². The first-order valence-electron chi connectivity index (χ1n) is 9.75. The fraction of sp³-hybridized carbons (Fsp3) is 0.286. The number of carbonyl (C=O) groups excluding carboxylic acids is 1. The average molecular weight is 468 g/mol. The Labute approximate surface area is 180 Å². The quantitative estimate of drug-likeness (QED) is 0.349. The summed E-state index contributed by atoms with van der Waals surface area (Å²) < 4.78 is 13.8. The molecule has 0 unspecified atom stereocenters. The lowest BCUT2D eigenvalue weighted by atomic mass is 10.1. The van der Waals surface area contributed by atoms with E-state index in [0.29, 0.717) is 24.0 Å². The van der Waals surface area contributed by atoms with Gasteiger partial charge in [-0.3, -0.25) is 4.79 Å². The van der Waals surface area contributed by atoms with Crippen molar-refractivity contribution < 1.29 is 13.9 Å². The maximum Gasteiger partial charge on any atom is 0.263 e. The van der Waals surface area contributed by atoms with Crippen LogP contribution in [0.4, 0.5) is 0 Å². The number of benzene rings is 1. The predicted octanol–water partition coefficient (Wildman–Crippen LogP) is 4.59. The standard InChI is InChI=1S/C21H18BrN5O3/c22-18-17(8-6-15-19(18)25-26-27(15)12-13-3-4-13)30-20-14(2-1-9-23-20)5-7-16(28)21-24-10-11-29-21/h1-2,6,8-11,13H,3-5,7,12H2. The van der Waals surface area contributed by atoms with Gasteiger partial charge in [0.1, 0.15) is 17.5 Å². The molecule has 0 bridgehead atoms. The maximum absolute atomic E-state index is 12.2. The summed E-state index contributed by atoms with van der Waals surface area (Å²) in [7, 11) is 0. The van der Waals surface area contributed by atoms with E-state index < -0.39 is 0 Å². The Balaban J connectivity index is 1.36. The molecule has 9 heteroatoms. The molecule has 0 spiro atoms. The lowest BCUT2D eigenvalue weighted by molar-refractivity contribution is 0.0949. The molecule has 0 amide bonds. The summed E-state index contributed by atoms with van der Waals surface area (Å²) in [6.07, 6.45) is 7.73. The molecule has 1 aromatic carbocycles. The molecule has 30 heavy (non-hydrogen) atoms. The number of fused-ring (bicyclic) bond motifs is 1. The number of hydrogen-bond donors (Lipinski definition) is 0. The number of rotatable bonds is 8. The topological polar surface area (TPSA) is 95.9 Å². The van der Waals surface area contributed by atoms with E-state index in [1.807, 2.05) is 28.9 Å². The molecule has 1 saturated carbocycles. The number of ether oxygens (including phenoxy) is 1. The van der Waals surface area contributed by atoms with Crippen LogP contribution in [-0.2, 0) is 13.0 Å². The van der Waals surface area contributed by atoms with Gasteiger partial charge in [0.15, 0.2) is 0 Å². The van der Waals surface area contributed by atoms with Crippen molar-refractivity contribution in [3.63, 3.8) is 0 Å². The van der Waals surface area contributed by atoms with Gasteiger partial charge >= 0.3 is 0 Å². The number of aryl methyl sites for hydroxylation is 1. The number of pyridine rings is 1. The molecule has 3 heterocycles. The van der Waals surface area contributed by atoms with Crippen LogP contribution in [0.25, 0.3) is 11.0 Å². The highest BCUT2D eigenvalue weighted by atomic mass is 79.9. The number of Topliss-reactive ketones (excluding diaryl/α,β-unsaturated/α-hetero) is 1. The summed E-state index contributed by atoms with van der Waals surface area (Å²) in [6.45, 7) is 0.895. The third-order valence-electron chi connectivity index (χ3n) is 5.07. The van der Waals surface area contributed by atoms with Crippen LogP contribution >= 0.6 is 15.9 Å². The van der Waals surface area contributed by atoms with Crippen LogP contribution < -0.4 is 4.74 Å². The minimum absolute atomic E-state index is 0.115. The van der Waals surface area contributed by atoms with Crippen molar-refractivity contribution in [3.8, 4) is 11.6 Å². The summed E-state index contributed by atoms with van der Waals surface area (Å²) in [6, 6.07) is 7.56. The minimum Gasteiger partial charge on any atom is -0.442 e. The van der Waals surface area contributed by atoms with Gasteiger partial charge in [0.25, 0.3) is 5.89 Å². The second-order valence-electron chi connectivity index (χ2n) is 7.29. The highest BCUT2D eigenvalue weighted by Crippen LogP contribution is 2.37. The second kappa shape index (κ2) is 7.98. The van der Waals surface area contributed by atoms with Crippen molar-refractivity contribution in [2.24, 2.45) is 5.92 Å². The van der Waals surface area contributed by atoms with Gasteiger partial charge in [0, 0.05) is 24.7 Å². The van der Waals surface area contributed by atoms with Gasteiger partial charge in [-0.2, -0.15) is 0 Å². The molecule has 0 aliphatic heterocycles. The summed E-state index contributed by atoms with van der Waals surface area (Å²) in [5.41, 5.74) is 2.55. The van der Waals surface area contributed by atoms with Gasteiger partial charge in [0.05, 0.1) is 16.2 Å². The molecule has 0 atom stereocenters. The lowest BCUT2D eigenvalue weighted by Crippen LogP contribution is -2.03. The average Bonchev–Trinajstić information content (AvgIpc) is 3.24. The molecule has 1 fully saturated rings. The van der Waals surface area contributed by atoms with Crippen LogP contribution in [0.15, 0.2) is 51.8 Å². The molecule has 1 aliphatic carbocycles. The van der Waals surface area contributed by atoms with E-state index >= 15 is 0 Å². The van der Waals surface area contributed by atoms with Gasteiger partial charge < -0.3 is 9.15 Å².